The van der Waals surface area contributed by atoms with Crippen molar-refractivity contribution >= 4 is 11.6 Å². The van der Waals surface area contributed by atoms with Crippen LogP contribution in [0.1, 0.15) is 13.3 Å². The predicted octanol–water partition coefficient (Wildman–Crippen LogP) is 3.26. The fourth-order valence-electron chi connectivity index (χ4n) is 2.48. The molecule has 0 fully saturated rings. The Labute approximate surface area is 146 Å². The molecular formula is C19H21NO5. The first-order chi connectivity index (χ1) is 12.2. The zero-order valence-corrected chi connectivity index (χ0v) is 14.3. The highest BCUT2D eigenvalue weighted by atomic mass is 16.6. The third-order valence-electron chi connectivity index (χ3n) is 3.81. The molecule has 0 aromatic heterocycles. The summed E-state index contributed by atoms with van der Waals surface area (Å²) in [6.07, 6.45) is -0.0517. The zero-order chi connectivity index (χ0) is 17.6. The first-order valence-corrected chi connectivity index (χ1v) is 8.21. The van der Waals surface area contributed by atoms with Crippen molar-refractivity contribution in [1.82, 2.24) is 0 Å². The van der Waals surface area contributed by atoms with Crippen LogP contribution < -0.4 is 24.3 Å². The molecule has 0 saturated carbocycles. The molecule has 0 saturated heterocycles. The Hall–Kier alpha value is -2.89. The van der Waals surface area contributed by atoms with Gasteiger partial charge in [-0.25, -0.2) is 0 Å². The second kappa shape index (κ2) is 7.79. The fourth-order valence-corrected chi connectivity index (χ4v) is 2.48. The van der Waals surface area contributed by atoms with Crippen molar-refractivity contribution in [1.29, 1.82) is 0 Å². The summed E-state index contributed by atoms with van der Waals surface area (Å²) in [5.41, 5.74) is 0.644. The van der Waals surface area contributed by atoms with Crippen molar-refractivity contribution in [2.75, 3.05) is 25.6 Å². The van der Waals surface area contributed by atoms with Crippen molar-refractivity contribution < 1.29 is 23.7 Å². The molecule has 1 heterocycles. The van der Waals surface area contributed by atoms with Gasteiger partial charge in [0.1, 0.15) is 24.7 Å². The summed E-state index contributed by atoms with van der Waals surface area (Å²) in [4.78, 5) is 12.5. The van der Waals surface area contributed by atoms with E-state index in [-0.39, 0.29) is 5.91 Å². The lowest BCUT2D eigenvalue weighted by atomic mass is 10.2. The lowest BCUT2D eigenvalue weighted by Crippen LogP contribution is -2.32. The van der Waals surface area contributed by atoms with Gasteiger partial charge in [0.25, 0.3) is 5.91 Å². The van der Waals surface area contributed by atoms with Crippen molar-refractivity contribution in [2.24, 2.45) is 0 Å². The average Bonchev–Trinajstić information content (AvgIpc) is 2.66. The minimum atomic E-state index is -0.596. The highest BCUT2D eigenvalue weighted by Crippen LogP contribution is 2.32. The minimum absolute atomic E-state index is 0.213. The summed E-state index contributed by atoms with van der Waals surface area (Å²) < 4.78 is 21.9. The van der Waals surface area contributed by atoms with Crippen LogP contribution in [-0.2, 0) is 4.79 Å². The number of nitrogens with one attached hydrogen (secondary N) is 1. The Kier molecular flexibility index (Phi) is 5.28. The summed E-state index contributed by atoms with van der Waals surface area (Å²) in [7, 11) is 1.60. The number of hydrogen-bond donors (Lipinski definition) is 1. The van der Waals surface area contributed by atoms with E-state index in [1.165, 1.54) is 0 Å². The van der Waals surface area contributed by atoms with Crippen molar-refractivity contribution in [3.8, 4) is 23.0 Å². The highest BCUT2D eigenvalue weighted by molar-refractivity contribution is 5.94. The van der Waals surface area contributed by atoms with Crippen molar-refractivity contribution in [3.63, 3.8) is 0 Å². The van der Waals surface area contributed by atoms with Gasteiger partial charge in [0, 0.05) is 11.8 Å². The van der Waals surface area contributed by atoms with Gasteiger partial charge in [-0.1, -0.05) is 6.92 Å². The minimum Gasteiger partial charge on any atom is -0.497 e. The number of carbonyl (C=O) groups excluding carboxylic acids is 1. The Morgan fingerprint density at radius 2 is 1.76 bits per heavy atom. The molecular weight excluding hydrogens is 322 g/mol. The standard InChI is InChI=1S/C19H21NO5/c1-3-16(25-15-7-5-14(22-2)6-8-15)19(21)20-13-4-9-17-18(12-13)24-11-10-23-17/h4-9,12,16H,3,10-11H2,1-2H3,(H,20,21). The number of benzene rings is 2. The van der Waals surface area contributed by atoms with Crippen LogP contribution in [0.3, 0.4) is 0 Å². The van der Waals surface area contributed by atoms with Gasteiger partial charge >= 0.3 is 0 Å². The molecule has 1 aliphatic heterocycles. The molecule has 1 amide bonds. The summed E-state index contributed by atoms with van der Waals surface area (Å²) >= 11 is 0. The van der Waals surface area contributed by atoms with E-state index in [1.54, 1.807) is 49.6 Å². The Morgan fingerprint density at radius 1 is 1.08 bits per heavy atom. The van der Waals surface area contributed by atoms with Crippen LogP contribution in [0, 0.1) is 0 Å². The van der Waals surface area contributed by atoms with Crippen molar-refractivity contribution in [2.45, 2.75) is 19.4 Å². The van der Waals surface area contributed by atoms with E-state index in [2.05, 4.69) is 5.32 Å². The second-order valence-corrected chi connectivity index (χ2v) is 5.54. The van der Waals surface area contributed by atoms with Gasteiger partial charge in [-0.15, -0.1) is 0 Å². The Balaban J connectivity index is 1.65. The van der Waals surface area contributed by atoms with Crippen LogP contribution in [0.4, 0.5) is 5.69 Å². The largest absolute Gasteiger partial charge is 0.497 e. The molecule has 1 aliphatic rings. The number of hydrogen-bond acceptors (Lipinski definition) is 5. The number of anilines is 1. The van der Waals surface area contributed by atoms with Gasteiger partial charge in [-0.2, -0.15) is 0 Å². The second-order valence-electron chi connectivity index (χ2n) is 5.54. The molecule has 2 aromatic carbocycles. The first-order valence-electron chi connectivity index (χ1n) is 8.21. The molecule has 1 atom stereocenters. The number of fused-ring (bicyclic) bond motifs is 1. The SMILES string of the molecule is CCC(Oc1ccc(OC)cc1)C(=O)Nc1ccc2c(c1)OCCO2. The Bertz CT molecular complexity index is 729. The molecule has 132 valence electrons. The lowest BCUT2D eigenvalue weighted by Gasteiger charge is -2.20. The topological polar surface area (TPSA) is 66.0 Å². The lowest BCUT2D eigenvalue weighted by molar-refractivity contribution is -0.122. The summed E-state index contributed by atoms with van der Waals surface area (Å²) in [6, 6.07) is 12.5. The fraction of sp³-hybridized carbons (Fsp3) is 0.316. The molecule has 6 heteroatoms. The van der Waals surface area contributed by atoms with E-state index in [0.29, 0.717) is 42.6 Å². The first kappa shape index (κ1) is 17.0. The molecule has 6 nitrogen and oxygen atoms in total. The molecule has 0 spiro atoms. The number of rotatable bonds is 6. The van der Waals surface area contributed by atoms with E-state index >= 15 is 0 Å². The Morgan fingerprint density at radius 3 is 2.44 bits per heavy atom. The van der Waals surface area contributed by atoms with Gasteiger partial charge in [-0.3, -0.25) is 4.79 Å². The van der Waals surface area contributed by atoms with Gasteiger partial charge < -0.3 is 24.3 Å². The molecule has 0 bridgehead atoms. The van der Waals surface area contributed by atoms with E-state index in [4.69, 9.17) is 18.9 Å². The van der Waals surface area contributed by atoms with Gasteiger partial charge in [0.15, 0.2) is 17.6 Å². The third kappa shape index (κ3) is 4.15. The zero-order valence-electron chi connectivity index (χ0n) is 14.3. The third-order valence-corrected chi connectivity index (χ3v) is 3.81. The summed E-state index contributed by atoms with van der Waals surface area (Å²) in [6.45, 7) is 2.94. The highest BCUT2D eigenvalue weighted by Gasteiger charge is 2.20. The smallest absolute Gasteiger partial charge is 0.265 e. The molecule has 1 unspecified atom stereocenters. The maximum atomic E-state index is 12.5. The number of carbonyl (C=O) groups is 1. The van der Waals surface area contributed by atoms with Gasteiger partial charge in [0.05, 0.1) is 7.11 Å². The van der Waals surface area contributed by atoms with Crippen molar-refractivity contribution in [3.05, 3.63) is 42.5 Å². The van der Waals surface area contributed by atoms with Gasteiger partial charge in [0.2, 0.25) is 0 Å². The van der Waals surface area contributed by atoms with Crippen LogP contribution in [-0.4, -0.2) is 32.3 Å². The molecule has 25 heavy (non-hydrogen) atoms. The van der Waals surface area contributed by atoms with Gasteiger partial charge in [-0.05, 0) is 42.8 Å². The predicted molar refractivity (Wildman–Crippen MR) is 93.8 cm³/mol. The van der Waals surface area contributed by atoms with Crippen LogP contribution in [0.2, 0.25) is 0 Å². The van der Waals surface area contributed by atoms with E-state index in [9.17, 15) is 4.79 Å². The van der Waals surface area contributed by atoms with E-state index < -0.39 is 6.10 Å². The maximum absolute atomic E-state index is 12.5. The normalized spacial score (nSPS) is 13.7. The quantitative estimate of drug-likeness (QED) is 0.872. The molecule has 0 radical (unpaired) electrons. The monoisotopic (exact) mass is 343 g/mol. The van der Waals surface area contributed by atoms with E-state index in [0.717, 1.165) is 5.75 Å². The molecule has 0 aliphatic carbocycles. The average molecular weight is 343 g/mol. The molecule has 3 rings (SSSR count). The van der Waals surface area contributed by atoms with E-state index in [1.807, 2.05) is 6.92 Å². The molecule has 2 aromatic rings. The number of amides is 1. The number of methoxy groups -OCH3 is 1. The molecule has 1 N–H and O–H groups in total. The van der Waals surface area contributed by atoms with Crippen LogP contribution >= 0.6 is 0 Å². The summed E-state index contributed by atoms with van der Waals surface area (Å²) in [5.74, 6) is 2.46. The van der Waals surface area contributed by atoms with Crippen LogP contribution in [0.15, 0.2) is 42.5 Å². The number of ether oxygens (including phenoxy) is 4. The van der Waals surface area contributed by atoms with Crippen LogP contribution in [0.5, 0.6) is 23.0 Å². The maximum Gasteiger partial charge on any atom is 0.265 e. The van der Waals surface area contributed by atoms with Crippen LogP contribution in [0.25, 0.3) is 0 Å². The summed E-state index contributed by atoms with van der Waals surface area (Å²) in [5, 5.41) is 2.86.